The lowest BCUT2D eigenvalue weighted by atomic mass is 9.33. The summed E-state index contributed by atoms with van der Waals surface area (Å²) in [5, 5.41) is 4.95. The van der Waals surface area contributed by atoms with Gasteiger partial charge in [-0.25, -0.2) is 0 Å². The van der Waals surface area contributed by atoms with Gasteiger partial charge in [-0.05, 0) is 166 Å². The van der Waals surface area contributed by atoms with E-state index in [9.17, 15) is 0 Å². The SMILES string of the molecule is CC(C)(C)c1ccc(N2c3ccc(-c4ccccc4-c4ccccc4)cc3B3c4c2cc(-n2c5cc(-c6ccccc6)ccc5c5ccc(-c6ccccc6)cc52)cc4-n2c4ccc(C(C)(C)C)cc4c4cc(-c5ccccc5-c5ccccc5)cc3c42)cc1. The molecule has 2 aromatic heterocycles. The van der Waals surface area contributed by atoms with Gasteiger partial charge < -0.3 is 14.0 Å². The van der Waals surface area contributed by atoms with E-state index in [1.54, 1.807) is 0 Å². The van der Waals surface area contributed by atoms with Crippen molar-refractivity contribution in [2.24, 2.45) is 0 Å². The van der Waals surface area contributed by atoms with Crippen molar-refractivity contribution >= 4 is 83.8 Å². The first-order chi connectivity index (χ1) is 43.9. The number of anilines is 3. The molecule has 15 aromatic rings. The molecule has 90 heavy (non-hydrogen) atoms. The summed E-state index contributed by atoms with van der Waals surface area (Å²) in [7, 11) is 0. The first kappa shape index (κ1) is 53.6. The number of hydrogen-bond donors (Lipinski definition) is 0. The topological polar surface area (TPSA) is 13.1 Å². The fourth-order valence-electron chi connectivity index (χ4n) is 15.0. The van der Waals surface area contributed by atoms with Crippen molar-refractivity contribution in [1.82, 2.24) is 9.13 Å². The van der Waals surface area contributed by atoms with Gasteiger partial charge in [0.05, 0.1) is 22.2 Å². The lowest BCUT2D eigenvalue weighted by molar-refractivity contribution is 0.590. The van der Waals surface area contributed by atoms with E-state index in [-0.39, 0.29) is 17.5 Å². The standard InChI is InChI=1S/C86H66BN3/c1-85(2,3)63-38-41-65(42-39-63)88-78-45-37-61(69-33-21-19-31-67(69)57-27-15-9-16-28-57)48-75(78)87-76-49-62(70-34-22-20-32-68(70)58-29-17-10-18-30-58)47-74-73-52-64(86(4,5)6)40-46-77(73)90(84(74)76)82-54-66(53-81(88)83(82)87)89-79-50-59(55-23-11-7-12-24-55)35-43-71(79)72-44-36-60(51-80(72)89)56-25-13-8-14-26-56/h7-54H,1-6H3. The van der Waals surface area contributed by atoms with Crippen molar-refractivity contribution < 1.29 is 0 Å². The maximum atomic E-state index is 2.66. The molecule has 0 saturated carbocycles. The summed E-state index contributed by atoms with van der Waals surface area (Å²) in [5.74, 6) is 0. The fourth-order valence-corrected chi connectivity index (χ4v) is 15.0. The Bertz CT molecular complexity index is 5260. The highest BCUT2D eigenvalue weighted by atomic mass is 15.2. The molecule has 4 heteroatoms. The molecular formula is C86H66BN3. The van der Waals surface area contributed by atoms with Gasteiger partial charge in [-0.3, -0.25) is 0 Å². The van der Waals surface area contributed by atoms with Crippen molar-refractivity contribution in [2.75, 3.05) is 4.90 Å². The Hall–Kier alpha value is -10.7. The molecule has 0 N–H and O–H groups in total. The normalized spacial score (nSPS) is 12.7. The van der Waals surface area contributed by atoms with E-state index in [2.05, 4.69) is 347 Å². The monoisotopic (exact) mass is 1150 g/mol. The zero-order valence-corrected chi connectivity index (χ0v) is 51.6. The lowest BCUT2D eigenvalue weighted by Gasteiger charge is -2.41. The van der Waals surface area contributed by atoms with Crippen molar-refractivity contribution in [3.05, 3.63) is 302 Å². The number of fused-ring (bicyclic) bond motifs is 10. The van der Waals surface area contributed by atoms with Gasteiger partial charge in [-0.1, -0.05) is 272 Å². The van der Waals surface area contributed by atoms with Crippen LogP contribution in [-0.4, -0.2) is 15.8 Å². The van der Waals surface area contributed by atoms with Crippen LogP contribution in [0.15, 0.2) is 291 Å². The zero-order valence-electron chi connectivity index (χ0n) is 51.6. The van der Waals surface area contributed by atoms with Crippen LogP contribution in [0.1, 0.15) is 52.7 Å². The predicted molar refractivity (Wildman–Crippen MR) is 384 cm³/mol. The highest BCUT2D eigenvalue weighted by molar-refractivity contribution is 7.00. The van der Waals surface area contributed by atoms with Gasteiger partial charge in [0.1, 0.15) is 0 Å². The summed E-state index contributed by atoms with van der Waals surface area (Å²) < 4.78 is 5.24. The van der Waals surface area contributed by atoms with Crippen molar-refractivity contribution in [1.29, 1.82) is 0 Å². The molecule has 0 saturated heterocycles. The summed E-state index contributed by atoms with van der Waals surface area (Å²) in [4.78, 5) is 2.60. The lowest BCUT2D eigenvalue weighted by Crippen LogP contribution is -2.60. The number of benzene rings is 13. The van der Waals surface area contributed by atoms with E-state index in [0.717, 1.165) is 28.1 Å². The second-order valence-electron chi connectivity index (χ2n) is 26.9. The molecule has 3 nitrogen and oxygen atoms in total. The van der Waals surface area contributed by atoms with Crippen LogP contribution < -0.4 is 21.3 Å². The van der Waals surface area contributed by atoms with Crippen LogP contribution in [0, 0.1) is 0 Å². The molecule has 0 aliphatic carbocycles. The van der Waals surface area contributed by atoms with Gasteiger partial charge >= 0.3 is 0 Å². The van der Waals surface area contributed by atoms with Crippen LogP contribution in [-0.2, 0) is 10.8 Å². The Kier molecular flexibility index (Phi) is 12.2. The summed E-state index contributed by atoms with van der Waals surface area (Å²) in [5.41, 5.74) is 31.3. The van der Waals surface area contributed by atoms with Crippen LogP contribution in [0.3, 0.4) is 0 Å². The third kappa shape index (κ3) is 8.57. The van der Waals surface area contributed by atoms with Gasteiger partial charge in [-0.15, -0.1) is 0 Å². The maximum Gasteiger partial charge on any atom is 0.252 e. The molecule has 2 aliphatic heterocycles. The van der Waals surface area contributed by atoms with Gasteiger partial charge in [0.25, 0.3) is 6.71 Å². The van der Waals surface area contributed by atoms with Crippen LogP contribution in [0.5, 0.6) is 0 Å². The van der Waals surface area contributed by atoms with Crippen LogP contribution >= 0.6 is 0 Å². The van der Waals surface area contributed by atoms with E-state index in [0.29, 0.717) is 0 Å². The van der Waals surface area contributed by atoms with Crippen molar-refractivity contribution in [3.63, 3.8) is 0 Å². The summed E-state index contributed by atoms with van der Waals surface area (Å²) in [6.45, 7) is 13.8. The molecule has 17 rings (SSSR count). The molecule has 0 fully saturated rings. The smallest absolute Gasteiger partial charge is 0.252 e. The maximum absolute atomic E-state index is 2.66. The average molecular weight is 1150 g/mol. The Morgan fingerprint density at radius 2 is 0.733 bits per heavy atom. The predicted octanol–water partition coefficient (Wildman–Crippen LogP) is 21.1. The highest BCUT2D eigenvalue weighted by Crippen LogP contribution is 2.48. The molecule has 0 atom stereocenters. The van der Waals surface area contributed by atoms with E-state index < -0.39 is 0 Å². The first-order valence-corrected chi connectivity index (χ1v) is 31.8. The van der Waals surface area contributed by atoms with E-state index in [1.807, 2.05) is 0 Å². The zero-order chi connectivity index (χ0) is 60.6. The molecule has 2 aliphatic rings. The third-order valence-electron chi connectivity index (χ3n) is 19.4. The van der Waals surface area contributed by atoms with Gasteiger partial charge in [0.2, 0.25) is 0 Å². The molecule has 0 amide bonds. The molecule has 13 aromatic carbocycles. The minimum atomic E-state index is -0.175. The van der Waals surface area contributed by atoms with Gasteiger partial charge in [0, 0.05) is 49.8 Å². The molecule has 428 valence electrons. The quantitative estimate of drug-likeness (QED) is 0.138. The minimum Gasteiger partial charge on any atom is -0.311 e. The van der Waals surface area contributed by atoms with Crippen molar-refractivity contribution in [2.45, 2.75) is 52.4 Å². The second kappa shape index (κ2) is 20.5. The Balaban J connectivity index is 1.03. The largest absolute Gasteiger partial charge is 0.311 e. The van der Waals surface area contributed by atoms with Gasteiger partial charge in [0.15, 0.2) is 0 Å². The average Bonchev–Trinajstić information content (AvgIpc) is 1.35. The van der Waals surface area contributed by atoms with E-state index in [1.165, 1.54) is 138 Å². The molecule has 0 bridgehead atoms. The Morgan fingerprint density at radius 3 is 1.28 bits per heavy atom. The molecule has 0 radical (unpaired) electrons. The molecular weight excluding hydrogens is 1090 g/mol. The fraction of sp³-hybridized carbons (Fsp3) is 0.0930. The Morgan fingerprint density at radius 1 is 0.267 bits per heavy atom. The number of nitrogens with zero attached hydrogens (tertiary/aromatic N) is 3. The number of hydrogen-bond acceptors (Lipinski definition) is 1. The summed E-state index contributed by atoms with van der Waals surface area (Å²) >= 11 is 0. The molecule has 0 spiro atoms. The minimum absolute atomic E-state index is 0.0362. The summed E-state index contributed by atoms with van der Waals surface area (Å²) in [6.07, 6.45) is 0. The number of aromatic nitrogens is 2. The van der Waals surface area contributed by atoms with Crippen molar-refractivity contribution in [3.8, 4) is 78.1 Å². The Labute approximate surface area is 527 Å². The first-order valence-electron chi connectivity index (χ1n) is 31.8. The molecule has 0 unspecified atom stereocenters. The van der Waals surface area contributed by atoms with E-state index >= 15 is 0 Å². The van der Waals surface area contributed by atoms with E-state index in [4.69, 9.17) is 0 Å². The van der Waals surface area contributed by atoms with Crippen LogP contribution in [0.2, 0.25) is 0 Å². The third-order valence-corrected chi connectivity index (χ3v) is 19.4. The summed E-state index contributed by atoms with van der Waals surface area (Å²) in [6, 6.07) is 110. The van der Waals surface area contributed by atoms with Crippen LogP contribution in [0.4, 0.5) is 17.1 Å². The second-order valence-corrected chi connectivity index (χ2v) is 26.9. The van der Waals surface area contributed by atoms with Crippen LogP contribution in [0.25, 0.3) is 122 Å². The molecule has 4 heterocycles. The highest BCUT2D eigenvalue weighted by Gasteiger charge is 2.44. The van der Waals surface area contributed by atoms with Gasteiger partial charge in [-0.2, -0.15) is 0 Å². The number of rotatable bonds is 8.